The minimum atomic E-state index is -4.80. The van der Waals surface area contributed by atoms with Crippen LogP contribution in [0.25, 0.3) is 0 Å². The molecule has 2 unspecified atom stereocenters. The summed E-state index contributed by atoms with van der Waals surface area (Å²) in [5.41, 5.74) is -1.57. The summed E-state index contributed by atoms with van der Waals surface area (Å²) in [6, 6.07) is 0. The predicted octanol–water partition coefficient (Wildman–Crippen LogP) is 0.755. The number of ether oxygens (including phenoxy) is 2. The van der Waals surface area contributed by atoms with Crippen LogP contribution in [0.15, 0.2) is 12.2 Å². The molecule has 15 heavy (non-hydrogen) atoms. The standard InChI is InChI=1S/C8H9F3O4/c1-4(8(9,10)11)7(13)15-5-2-6(12)14-3-5/h5-6,12H,1-3H2. The molecular weight excluding hydrogens is 217 g/mol. The molecule has 4 nitrogen and oxygen atoms in total. The number of aliphatic hydroxyl groups is 1. The second-order valence-electron chi connectivity index (χ2n) is 3.03. The van der Waals surface area contributed by atoms with Gasteiger partial charge >= 0.3 is 12.1 Å². The predicted molar refractivity (Wildman–Crippen MR) is 41.7 cm³/mol. The number of aliphatic hydroxyl groups excluding tert-OH is 1. The molecule has 1 rings (SSSR count). The molecule has 0 aromatic rings. The van der Waals surface area contributed by atoms with Crippen molar-refractivity contribution in [3.63, 3.8) is 0 Å². The van der Waals surface area contributed by atoms with Crippen LogP contribution in [0, 0.1) is 0 Å². The highest BCUT2D eigenvalue weighted by atomic mass is 19.4. The number of carbonyl (C=O) groups is 1. The number of halogens is 3. The van der Waals surface area contributed by atoms with Gasteiger partial charge in [0.1, 0.15) is 11.7 Å². The first kappa shape index (κ1) is 12.0. The van der Waals surface area contributed by atoms with Gasteiger partial charge in [-0.2, -0.15) is 13.2 Å². The van der Waals surface area contributed by atoms with Gasteiger partial charge in [0, 0.05) is 6.42 Å². The highest BCUT2D eigenvalue weighted by molar-refractivity contribution is 5.89. The van der Waals surface area contributed by atoms with Crippen molar-refractivity contribution in [1.82, 2.24) is 0 Å². The van der Waals surface area contributed by atoms with Gasteiger partial charge in [-0.3, -0.25) is 0 Å². The maximum atomic E-state index is 12.0. The van der Waals surface area contributed by atoms with Crippen molar-refractivity contribution in [1.29, 1.82) is 0 Å². The van der Waals surface area contributed by atoms with Gasteiger partial charge in [0.2, 0.25) is 0 Å². The lowest BCUT2D eigenvalue weighted by atomic mass is 10.2. The van der Waals surface area contributed by atoms with E-state index in [1.165, 1.54) is 0 Å². The van der Waals surface area contributed by atoms with Gasteiger partial charge in [0.25, 0.3) is 0 Å². The first-order valence-corrected chi connectivity index (χ1v) is 4.07. The molecule has 1 N–H and O–H groups in total. The van der Waals surface area contributed by atoms with Crippen LogP contribution in [0.2, 0.25) is 0 Å². The van der Waals surface area contributed by atoms with Crippen molar-refractivity contribution < 1.29 is 32.5 Å². The number of hydrogen-bond acceptors (Lipinski definition) is 4. The first-order valence-electron chi connectivity index (χ1n) is 4.07. The summed E-state index contributed by atoms with van der Waals surface area (Å²) in [7, 11) is 0. The van der Waals surface area contributed by atoms with E-state index in [2.05, 4.69) is 16.1 Å². The fourth-order valence-corrected chi connectivity index (χ4v) is 1.000. The number of alkyl halides is 3. The Morgan fingerprint density at radius 1 is 1.53 bits per heavy atom. The Morgan fingerprint density at radius 2 is 2.13 bits per heavy atom. The van der Waals surface area contributed by atoms with Crippen LogP contribution in [0.4, 0.5) is 13.2 Å². The Labute approximate surface area is 83.3 Å². The zero-order chi connectivity index (χ0) is 11.6. The molecule has 0 spiro atoms. The van der Waals surface area contributed by atoms with Crippen molar-refractivity contribution in [2.24, 2.45) is 0 Å². The molecule has 1 saturated heterocycles. The molecule has 1 aliphatic heterocycles. The minimum absolute atomic E-state index is 0.0309. The fourth-order valence-electron chi connectivity index (χ4n) is 1.000. The van der Waals surface area contributed by atoms with E-state index in [4.69, 9.17) is 5.11 Å². The zero-order valence-corrected chi connectivity index (χ0v) is 7.58. The summed E-state index contributed by atoms with van der Waals surface area (Å²) < 4.78 is 44.9. The maximum Gasteiger partial charge on any atom is 0.422 e. The van der Waals surface area contributed by atoms with Crippen molar-refractivity contribution in [3.05, 3.63) is 12.2 Å². The molecule has 0 aliphatic carbocycles. The van der Waals surface area contributed by atoms with Gasteiger partial charge in [0.15, 0.2) is 6.29 Å². The molecule has 0 saturated carbocycles. The molecule has 0 bridgehead atoms. The Kier molecular flexibility index (Phi) is 3.35. The molecule has 0 radical (unpaired) electrons. The van der Waals surface area contributed by atoms with E-state index in [0.717, 1.165) is 0 Å². The molecule has 86 valence electrons. The minimum Gasteiger partial charge on any atom is -0.456 e. The van der Waals surface area contributed by atoms with E-state index in [0.29, 0.717) is 0 Å². The lowest BCUT2D eigenvalue weighted by molar-refractivity contribution is -0.155. The maximum absolute atomic E-state index is 12.0. The molecule has 0 aromatic heterocycles. The molecule has 1 aliphatic rings. The van der Waals surface area contributed by atoms with E-state index in [1.807, 2.05) is 0 Å². The smallest absolute Gasteiger partial charge is 0.422 e. The Bertz CT molecular complexity index is 274. The normalized spacial score (nSPS) is 26.4. The van der Waals surface area contributed by atoms with E-state index >= 15 is 0 Å². The van der Waals surface area contributed by atoms with Crippen LogP contribution >= 0.6 is 0 Å². The van der Waals surface area contributed by atoms with Gasteiger partial charge < -0.3 is 14.6 Å². The molecule has 7 heteroatoms. The quantitative estimate of drug-likeness (QED) is 0.557. The summed E-state index contributed by atoms with van der Waals surface area (Å²) in [6.07, 6.45) is -6.78. The molecule has 0 aromatic carbocycles. The first-order chi connectivity index (χ1) is 6.80. The summed E-state index contributed by atoms with van der Waals surface area (Å²) in [5, 5.41) is 8.85. The van der Waals surface area contributed by atoms with Gasteiger partial charge in [-0.15, -0.1) is 0 Å². The Balaban J connectivity index is 2.46. The van der Waals surface area contributed by atoms with Crippen molar-refractivity contribution in [2.45, 2.75) is 25.0 Å². The SMILES string of the molecule is C=C(C(=O)OC1COC(O)C1)C(F)(F)F. The molecule has 1 fully saturated rings. The van der Waals surface area contributed by atoms with Crippen LogP contribution in [0.1, 0.15) is 6.42 Å². The number of hydrogen-bond donors (Lipinski definition) is 1. The monoisotopic (exact) mass is 226 g/mol. The lowest BCUT2D eigenvalue weighted by Gasteiger charge is -2.13. The summed E-state index contributed by atoms with van der Waals surface area (Å²) in [4.78, 5) is 10.9. The molecule has 2 atom stereocenters. The van der Waals surface area contributed by atoms with Crippen LogP contribution in [0.5, 0.6) is 0 Å². The van der Waals surface area contributed by atoms with Gasteiger partial charge in [0.05, 0.1) is 6.61 Å². The second kappa shape index (κ2) is 4.19. The van der Waals surface area contributed by atoms with Crippen molar-refractivity contribution in [2.75, 3.05) is 6.61 Å². The van der Waals surface area contributed by atoms with Gasteiger partial charge in [-0.25, -0.2) is 4.79 Å². The third-order valence-corrected chi connectivity index (χ3v) is 1.80. The topological polar surface area (TPSA) is 55.8 Å². The third kappa shape index (κ3) is 3.21. The molecular formula is C8H9F3O4. The number of rotatable bonds is 2. The Morgan fingerprint density at radius 3 is 2.53 bits per heavy atom. The van der Waals surface area contributed by atoms with Crippen LogP contribution in [0.3, 0.4) is 0 Å². The van der Waals surface area contributed by atoms with E-state index in [-0.39, 0.29) is 13.0 Å². The third-order valence-electron chi connectivity index (χ3n) is 1.80. The zero-order valence-electron chi connectivity index (χ0n) is 7.58. The fraction of sp³-hybridized carbons (Fsp3) is 0.625. The van der Waals surface area contributed by atoms with E-state index in [1.54, 1.807) is 0 Å². The average molecular weight is 226 g/mol. The van der Waals surface area contributed by atoms with E-state index < -0.39 is 30.1 Å². The molecule has 0 amide bonds. The Hall–Kier alpha value is -1.08. The second-order valence-corrected chi connectivity index (χ2v) is 3.03. The van der Waals surface area contributed by atoms with Crippen molar-refractivity contribution in [3.8, 4) is 0 Å². The van der Waals surface area contributed by atoms with Crippen molar-refractivity contribution >= 4 is 5.97 Å². The van der Waals surface area contributed by atoms with E-state index in [9.17, 15) is 18.0 Å². The van der Waals surface area contributed by atoms with Crippen LogP contribution < -0.4 is 0 Å². The number of esters is 1. The van der Waals surface area contributed by atoms with Crippen LogP contribution in [-0.2, 0) is 14.3 Å². The number of carbonyl (C=O) groups excluding carboxylic acids is 1. The average Bonchev–Trinajstić information content (AvgIpc) is 2.48. The highest BCUT2D eigenvalue weighted by Crippen LogP contribution is 2.26. The largest absolute Gasteiger partial charge is 0.456 e. The van der Waals surface area contributed by atoms with Gasteiger partial charge in [-0.1, -0.05) is 6.58 Å². The summed E-state index contributed by atoms with van der Waals surface area (Å²) in [6.45, 7) is 2.47. The summed E-state index contributed by atoms with van der Waals surface area (Å²) in [5.74, 6) is -1.54. The molecule has 1 heterocycles. The summed E-state index contributed by atoms with van der Waals surface area (Å²) >= 11 is 0. The lowest BCUT2D eigenvalue weighted by Crippen LogP contribution is -2.26. The van der Waals surface area contributed by atoms with Gasteiger partial charge in [-0.05, 0) is 0 Å². The van der Waals surface area contributed by atoms with Crippen LogP contribution in [-0.4, -0.2) is 36.3 Å². The highest BCUT2D eigenvalue weighted by Gasteiger charge is 2.39.